The van der Waals surface area contributed by atoms with Gasteiger partial charge in [0, 0.05) is 11.8 Å². The van der Waals surface area contributed by atoms with E-state index in [-0.39, 0.29) is 5.75 Å². The maximum absolute atomic E-state index is 13.5. The Morgan fingerprint density at radius 1 is 1.22 bits per heavy atom. The predicted octanol–water partition coefficient (Wildman–Crippen LogP) is 3.50. The normalized spacial score (nSPS) is 9.89. The van der Waals surface area contributed by atoms with Crippen LogP contribution in [-0.2, 0) is 0 Å². The number of nitrogens with zero attached hydrogens (tertiary/aromatic N) is 2. The second-order valence-electron chi connectivity index (χ2n) is 3.87. The maximum Gasteiger partial charge on any atom is 0.165 e. The third-order valence-electron chi connectivity index (χ3n) is 2.46. The molecule has 0 fully saturated rings. The Labute approximate surface area is 104 Å². The highest BCUT2D eigenvalue weighted by molar-refractivity contribution is 5.48. The van der Waals surface area contributed by atoms with Crippen LogP contribution in [0.5, 0.6) is 11.5 Å². The maximum atomic E-state index is 13.5. The summed E-state index contributed by atoms with van der Waals surface area (Å²) in [6.07, 6.45) is 0. The van der Waals surface area contributed by atoms with Crippen molar-refractivity contribution in [3.05, 3.63) is 53.1 Å². The minimum absolute atomic E-state index is 0.0963. The summed E-state index contributed by atoms with van der Waals surface area (Å²) in [5.74, 6) is -0.0416. The average molecular weight is 242 g/mol. The molecule has 2 rings (SSSR count). The Bertz CT molecular complexity index is 632. The SMILES string of the molecule is Cc1cc(Oc2ccccc2F)c(C#N)c(C)n1. The van der Waals surface area contributed by atoms with E-state index in [0.717, 1.165) is 5.69 Å². The Hall–Kier alpha value is -2.41. The molecule has 0 aliphatic rings. The van der Waals surface area contributed by atoms with Crippen molar-refractivity contribution in [3.8, 4) is 17.6 Å². The molecular formula is C14H11FN2O. The number of aromatic nitrogens is 1. The van der Waals surface area contributed by atoms with Crippen molar-refractivity contribution in [1.82, 2.24) is 4.98 Å². The van der Waals surface area contributed by atoms with Crippen LogP contribution in [0.3, 0.4) is 0 Å². The highest BCUT2D eigenvalue weighted by Gasteiger charge is 2.12. The quantitative estimate of drug-likeness (QED) is 0.809. The van der Waals surface area contributed by atoms with E-state index in [1.165, 1.54) is 12.1 Å². The molecule has 1 heterocycles. The van der Waals surface area contributed by atoms with Crippen LogP contribution in [0.4, 0.5) is 4.39 Å². The molecule has 90 valence electrons. The van der Waals surface area contributed by atoms with Gasteiger partial charge in [-0.3, -0.25) is 4.98 Å². The van der Waals surface area contributed by atoms with Crippen LogP contribution < -0.4 is 4.74 Å². The van der Waals surface area contributed by atoms with E-state index in [0.29, 0.717) is 17.0 Å². The summed E-state index contributed by atoms with van der Waals surface area (Å²) in [5, 5.41) is 9.07. The van der Waals surface area contributed by atoms with Crippen molar-refractivity contribution in [2.45, 2.75) is 13.8 Å². The third-order valence-corrected chi connectivity index (χ3v) is 2.46. The molecule has 0 spiro atoms. The lowest BCUT2D eigenvalue weighted by Crippen LogP contribution is -1.97. The van der Waals surface area contributed by atoms with Crippen LogP contribution in [0.2, 0.25) is 0 Å². The van der Waals surface area contributed by atoms with Gasteiger partial charge in [-0.15, -0.1) is 0 Å². The van der Waals surface area contributed by atoms with Crippen LogP contribution >= 0.6 is 0 Å². The van der Waals surface area contributed by atoms with Gasteiger partial charge in [0.05, 0.1) is 5.69 Å². The molecule has 0 bridgehead atoms. The molecule has 0 aliphatic heterocycles. The number of para-hydroxylation sites is 1. The summed E-state index contributed by atoms with van der Waals surface area (Å²) in [5.41, 5.74) is 1.62. The number of pyridine rings is 1. The third kappa shape index (κ3) is 2.30. The molecular weight excluding hydrogens is 231 g/mol. The molecule has 1 aromatic heterocycles. The van der Waals surface area contributed by atoms with Crippen molar-refractivity contribution < 1.29 is 9.13 Å². The summed E-state index contributed by atoms with van der Waals surface area (Å²) in [6.45, 7) is 3.52. The van der Waals surface area contributed by atoms with Gasteiger partial charge in [-0.25, -0.2) is 4.39 Å². The number of benzene rings is 1. The van der Waals surface area contributed by atoms with Crippen LogP contribution in [-0.4, -0.2) is 4.98 Å². The van der Waals surface area contributed by atoms with E-state index < -0.39 is 5.82 Å². The van der Waals surface area contributed by atoms with Gasteiger partial charge in [0.1, 0.15) is 17.4 Å². The van der Waals surface area contributed by atoms with Gasteiger partial charge in [0.25, 0.3) is 0 Å². The number of aryl methyl sites for hydroxylation is 2. The minimum atomic E-state index is -0.464. The molecule has 2 aromatic rings. The monoisotopic (exact) mass is 242 g/mol. The summed E-state index contributed by atoms with van der Waals surface area (Å²) in [4.78, 5) is 4.17. The van der Waals surface area contributed by atoms with Gasteiger partial charge >= 0.3 is 0 Å². The van der Waals surface area contributed by atoms with Crippen molar-refractivity contribution >= 4 is 0 Å². The lowest BCUT2D eigenvalue weighted by Gasteiger charge is -2.10. The summed E-state index contributed by atoms with van der Waals surface area (Å²) < 4.78 is 18.9. The van der Waals surface area contributed by atoms with E-state index in [1.807, 2.05) is 6.07 Å². The van der Waals surface area contributed by atoms with Crippen molar-refractivity contribution in [2.24, 2.45) is 0 Å². The number of rotatable bonds is 2. The largest absolute Gasteiger partial charge is 0.453 e. The molecule has 4 heteroatoms. The molecule has 0 unspecified atom stereocenters. The summed E-state index contributed by atoms with van der Waals surface area (Å²) >= 11 is 0. The zero-order chi connectivity index (χ0) is 13.1. The van der Waals surface area contributed by atoms with Crippen LogP contribution in [0.15, 0.2) is 30.3 Å². The Morgan fingerprint density at radius 2 is 1.94 bits per heavy atom. The molecule has 0 radical (unpaired) electrons. The zero-order valence-electron chi connectivity index (χ0n) is 10.1. The lowest BCUT2D eigenvalue weighted by atomic mass is 10.2. The second kappa shape index (κ2) is 4.84. The molecule has 0 amide bonds. The number of ether oxygens (including phenoxy) is 1. The van der Waals surface area contributed by atoms with Gasteiger partial charge in [-0.2, -0.15) is 5.26 Å². The van der Waals surface area contributed by atoms with E-state index in [4.69, 9.17) is 10.00 Å². The molecule has 3 nitrogen and oxygen atoms in total. The highest BCUT2D eigenvalue weighted by atomic mass is 19.1. The first kappa shape index (κ1) is 12.1. The van der Waals surface area contributed by atoms with Gasteiger partial charge in [-0.05, 0) is 26.0 Å². The Balaban J connectivity index is 2.47. The number of halogens is 1. The van der Waals surface area contributed by atoms with Crippen molar-refractivity contribution in [3.63, 3.8) is 0 Å². The fourth-order valence-corrected chi connectivity index (χ4v) is 1.66. The fourth-order valence-electron chi connectivity index (χ4n) is 1.66. The van der Waals surface area contributed by atoms with E-state index >= 15 is 0 Å². The fraction of sp³-hybridized carbons (Fsp3) is 0.143. The van der Waals surface area contributed by atoms with Gasteiger partial charge in [0.2, 0.25) is 0 Å². The van der Waals surface area contributed by atoms with Gasteiger partial charge < -0.3 is 4.74 Å². The molecule has 0 aliphatic carbocycles. The van der Waals surface area contributed by atoms with Gasteiger partial charge in [-0.1, -0.05) is 12.1 Å². The topological polar surface area (TPSA) is 45.9 Å². The number of hydrogen-bond donors (Lipinski definition) is 0. The van der Waals surface area contributed by atoms with Crippen LogP contribution in [0, 0.1) is 31.0 Å². The van der Waals surface area contributed by atoms with Crippen LogP contribution in [0.1, 0.15) is 17.0 Å². The summed E-state index contributed by atoms with van der Waals surface area (Å²) in [7, 11) is 0. The smallest absolute Gasteiger partial charge is 0.165 e. The number of hydrogen-bond acceptors (Lipinski definition) is 3. The van der Waals surface area contributed by atoms with E-state index in [9.17, 15) is 4.39 Å². The molecule has 1 aromatic carbocycles. The molecule has 0 saturated heterocycles. The highest BCUT2D eigenvalue weighted by Crippen LogP contribution is 2.28. The molecule has 18 heavy (non-hydrogen) atoms. The minimum Gasteiger partial charge on any atom is -0.453 e. The summed E-state index contributed by atoms with van der Waals surface area (Å²) in [6, 6.07) is 9.72. The van der Waals surface area contributed by atoms with Crippen LogP contribution in [0.25, 0.3) is 0 Å². The standard InChI is InChI=1S/C14H11FN2O/c1-9-7-14(11(8-16)10(2)17-9)18-13-6-4-3-5-12(13)15/h3-7H,1-2H3. The molecule has 0 saturated carbocycles. The van der Waals surface area contributed by atoms with E-state index in [1.54, 1.807) is 32.0 Å². The molecule has 0 atom stereocenters. The van der Waals surface area contributed by atoms with Gasteiger partial charge in [0.15, 0.2) is 11.6 Å². The van der Waals surface area contributed by atoms with E-state index in [2.05, 4.69) is 4.98 Å². The van der Waals surface area contributed by atoms with Crippen molar-refractivity contribution in [1.29, 1.82) is 5.26 Å². The Morgan fingerprint density at radius 3 is 2.61 bits per heavy atom. The first-order valence-corrected chi connectivity index (χ1v) is 5.42. The first-order valence-electron chi connectivity index (χ1n) is 5.42. The van der Waals surface area contributed by atoms with Crippen molar-refractivity contribution in [2.75, 3.05) is 0 Å². The Kier molecular flexibility index (Phi) is 3.24. The average Bonchev–Trinajstić information content (AvgIpc) is 2.31. The first-order chi connectivity index (χ1) is 8.61. The second-order valence-corrected chi connectivity index (χ2v) is 3.87. The zero-order valence-corrected chi connectivity index (χ0v) is 10.1. The lowest BCUT2D eigenvalue weighted by molar-refractivity contribution is 0.440. The molecule has 0 N–H and O–H groups in total. The predicted molar refractivity (Wildman–Crippen MR) is 64.9 cm³/mol. The number of nitriles is 1.